The minimum absolute atomic E-state index is 0.139. The first kappa shape index (κ1) is 14.9. The number of carbonyl (C=O) groups is 1. The van der Waals surface area contributed by atoms with E-state index in [9.17, 15) is 4.79 Å². The molecule has 1 aromatic carbocycles. The molecular formula is C17H24O3. The van der Waals surface area contributed by atoms with E-state index in [1.807, 2.05) is 12.1 Å². The molecule has 3 heteroatoms. The van der Waals surface area contributed by atoms with Gasteiger partial charge in [0.05, 0.1) is 14.2 Å². The van der Waals surface area contributed by atoms with Gasteiger partial charge in [-0.05, 0) is 43.2 Å². The molecule has 0 amide bonds. The standard InChI is InChI=1S/C17H24O3/c1-17(2)7-5-12(6-8-17)16(18)13-9-14(19-3)11-15(10-13)20-4/h9-12H,5-8H2,1-4H3. The van der Waals surface area contributed by atoms with Crippen molar-refractivity contribution in [3.8, 4) is 11.5 Å². The van der Waals surface area contributed by atoms with E-state index < -0.39 is 0 Å². The Labute approximate surface area is 121 Å². The number of ketones is 1. The minimum atomic E-state index is 0.139. The molecule has 1 fully saturated rings. The first-order valence-corrected chi connectivity index (χ1v) is 7.22. The first-order chi connectivity index (χ1) is 9.45. The third-order valence-electron chi connectivity index (χ3n) is 4.35. The summed E-state index contributed by atoms with van der Waals surface area (Å²) in [4.78, 5) is 12.6. The van der Waals surface area contributed by atoms with Crippen LogP contribution in [0.4, 0.5) is 0 Å². The summed E-state index contributed by atoms with van der Waals surface area (Å²) in [5.41, 5.74) is 1.08. The zero-order valence-electron chi connectivity index (χ0n) is 12.9. The number of carbonyl (C=O) groups excluding carboxylic acids is 1. The summed E-state index contributed by atoms with van der Waals surface area (Å²) in [6.07, 6.45) is 4.19. The molecule has 0 spiro atoms. The Bertz CT molecular complexity index is 459. The molecule has 0 aliphatic heterocycles. The Hall–Kier alpha value is -1.51. The molecule has 20 heavy (non-hydrogen) atoms. The van der Waals surface area contributed by atoms with Crippen LogP contribution >= 0.6 is 0 Å². The average molecular weight is 276 g/mol. The topological polar surface area (TPSA) is 35.5 Å². The normalized spacial score (nSPS) is 18.6. The Balaban J connectivity index is 2.17. The zero-order chi connectivity index (χ0) is 14.8. The van der Waals surface area contributed by atoms with Crippen molar-refractivity contribution in [2.75, 3.05) is 14.2 Å². The number of hydrogen-bond acceptors (Lipinski definition) is 3. The number of rotatable bonds is 4. The third kappa shape index (κ3) is 3.33. The lowest BCUT2D eigenvalue weighted by Crippen LogP contribution is -2.26. The van der Waals surface area contributed by atoms with Crippen molar-refractivity contribution in [2.24, 2.45) is 11.3 Å². The van der Waals surface area contributed by atoms with Crippen molar-refractivity contribution in [1.82, 2.24) is 0 Å². The zero-order valence-corrected chi connectivity index (χ0v) is 12.9. The second-order valence-electron chi connectivity index (χ2n) is 6.40. The molecule has 110 valence electrons. The third-order valence-corrected chi connectivity index (χ3v) is 4.35. The van der Waals surface area contributed by atoms with E-state index in [4.69, 9.17) is 9.47 Å². The van der Waals surface area contributed by atoms with Crippen molar-refractivity contribution < 1.29 is 14.3 Å². The van der Waals surface area contributed by atoms with Gasteiger partial charge in [-0.25, -0.2) is 0 Å². The summed E-state index contributed by atoms with van der Waals surface area (Å²) in [7, 11) is 3.21. The van der Waals surface area contributed by atoms with E-state index in [1.165, 1.54) is 0 Å². The van der Waals surface area contributed by atoms with Crippen LogP contribution in [0.5, 0.6) is 11.5 Å². The predicted octanol–water partition coefficient (Wildman–Crippen LogP) is 4.10. The lowest BCUT2D eigenvalue weighted by molar-refractivity contribution is 0.0837. The molecule has 0 bridgehead atoms. The lowest BCUT2D eigenvalue weighted by Gasteiger charge is -2.33. The molecule has 1 aliphatic carbocycles. The molecule has 0 N–H and O–H groups in total. The number of ether oxygens (including phenoxy) is 2. The molecule has 0 unspecified atom stereocenters. The summed E-state index contributed by atoms with van der Waals surface area (Å²) in [6, 6.07) is 5.41. The smallest absolute Gasteiger partial charge is 0.166 e. The van der Waals surface area contributed by atoms with E-state index >= 15 is 0 Å². The highest BCUT2D eigenvalue weighted by Crippen LogP contribution is 2.39. The number of hydrogen-bond donors (Lipinski definition) is 0. The summed E-state index contributed by atoms with van der Waals surface area (Å²) in [6.45, 7) is 4.56. The van der Waals surface area contributed by atoms with Crippen LogP contribution in [0.1, 0.15) is 49.9 Å². The van der Waals surface area contributed by atoms with E-state index in [-0.39, 0.29) is 11.7 Å². The molecule has 2 rings (SSSR count). The van der Waals surface area contributed by atoms with Gasteiger partial charge in [0, 0.05) is 17.5 Å². The van der Waals surface area contributed by atoms with E-state index in [2.05, 4.69) is 13.8 Å². The van der Waals surface area contributed by atoms with E-state index in [0.717, 1.165) is 25.7 Å². The van der Waals surface area contributed by atoms with E-state index in [1.54, 1.807) is 20.3 Å². The Kier molecular flexibility index (Phi) is 4.36. The molecule has 1 aliphatic rings. The maximum absolute atomic E-state index is 12.6. The van der Waals surface area contributed by atoms with Gasteiger partial charge >= 0.3 is 0 Å². The van der Waals surface area contributed by atoms with Crippen LogP contribution in [0.25, 0.3) is 0 Å². The fourth-order valence-corrected chi connectivity index (χ4v) is 2.85. The molecule has 0 radical (unpaired) electrons. The number of methoxy groups -OCH3 is 2. The molecule has 3 nitrogen and oxygen atoms in total. The summed E-state index contributed by atoms with van der Waals surface area (Å²) in [5, 5.41) is 0. The molecule has 1 aromatic rings. The monoisotopic (exact) mass is 276 g/mol. The highest BCUT2D eigenvalue weighted by atomic mass is 16.5. The quantitative estimate of drug-likeness (QED) is 0.777. The Morgan fingerprint density at radius 3 is 2.00 bits per heavy atom. The second kappa shape index (κ2) is 5.86. The van der Waals surface area contributed by atoms with Crippen LogP contribution in [0.15, 0.2) is 18.2 Å². The van der Waals surface area contributed by atoms with Gasteiger partial charge in [0.2, 0.25) is 0 Å². The maximum Gasteiger partial charge on any atom is 0.166 e. The molecule has 1 saturated carbocycles. The van der Waals surface area contributed by atoms with Crippen LogP contribution in [-0.2, 0) is 0 Å². The van der Waals surface area contributed by atoms with Gasteiger partial charge < -0.3 is 9.47 Å². The number of benzene rings is 1. The van der Waals surface area contributed by atoms with Gasteiger partial charge in [-0.3, -0.25) is 4.79 Å². The van der Waals surface area contributed by atoms with Gasteiger partial charge in [0.1, 0.15) is 11.5 Å². The summed E-state index contributed by atoms with van der Waals surface area (Å²) in [5.74, 6) is 1.70. The van der Waals surface area contributed by atoms with Crippen LogP contribution in [0.3, 0.4) is 0 Å². The molecule has 0 heterocycles. The Morgan fingerprint density at radius 1 is 1.05 bits per heavy atom. The lowest BCUT2D eigenvalue weighted by atomic mass is 9.71. The minimum Gasteiger partial charge on any atom is -0.497 e. The Morgan fingerprint density at radius 2 is 1.55 bits per heavy atom. The van der Waals surface area contributed by atoms with Gasteiger partial charge in [0.15, 0.2) is 5.78 Å². The van der Waals surface area contributed by atoms with Crippen molar-refractivity contribution in [3.05, 3.63) is 23.8 Å². The van der Waals surface area contributed by atoms with Crippen LogP contribution < -0.4 is 9.47 Å². The number of Topliss-reactive ketones (excluding diaryl/α,β-unsaturated/α-hetero) is 1. The van der Waals surface area contributed by atoms with Crippen LogP contribution in [-0.4, -0.2) is 20.0 Å². The van der Waals surface area contributed by atoms with Crippen molar-refractivity contribution >= 4 is 5.78 Å². The van der Waals surface area contributed by atoms with E-state index in [0.29, 0.717) is 22.5 Å². The largest absolute Gasteiger partial charge is 0.497 e. The molecule has 0 saturated heterocycles. The molecular weight excluding hydrogens is 252 g/mol. The SMILES string of the molecule is COc1cc(OC)cc(C(=O)C2CCC(C)(C)CC2)c1. The van der Waals surface area contributed by atoms with Crippen LogP contribution in [0.2, 0.25) is 0 Å². The molecule has 0 aromatic heterocycles. The predicted molar refractivity (Wildman–Crippen MR) is 79.6 cm³/mol. The van der Waals surface area contributed by atoms with Crippen LogP contribution in [0, 0.1) is 11.3 Å². The summed E-state index contributed by atoms with van der Waals surface area (Å²) >= 11 is 0. The van der Waals surface area contributed by atoms with Gasteiger partial charge in [-0.1, -0.05) is 13.8 Å². The second-order valence-corrected chi connectivity index (χ2v) is 6.40. The fourth-order valence-electron chi connectivity index (χ4n) is 2.85. The average Bonchev–Trinajstić information content (AvgIpc) is 2.46. The van der Waals surface area contributed by atoms with Crippen molar-refractivity contribution in [3.63, 3.8) is 0 Å². The highest BCUT2D eigenvalue weighted by molar-refractivity contribution is 5.98. The fraction of sp³-hybridized carbons (Fsp3) is 0.588. The molecule has 0 atom stereocenters. The van der Waals surface area contributed by atoms with Gasteiger partial charge in [0.25, 0.3) is 0 Å². The first-order valence-electron chi connectivity index (χ1n) is 7.22. The van der Waals surface area contributed by atoms with Gasteiger partial charge in [-0.15, -0.1) is 0 Å². The maximum atomic E-state index is 12.6. The highest BCUT2D eigenvalue weighted by Gasteiger charge is 2.31. The van der Waals surface area contributed by atoms with Crippen molar-refractivity contribution in [1.29, 1.82) is 0 Å². The summed E-state index contributed by atoms with van der Waals surface area (Å²) < 4.78 is 10.5. The van der Waals surface area contributed by atoms with Gasteiger partial charge in [-0.2, -0.15) is 0 Å². The van der Waals surface area contributed by atoms with Crippen molar-refractivity contribution in [2.45, 2.75) is 39.5 Å².